The Kier molecular flexibility index (Phi) is 9.61. The summed E-state index contributed by atoms with van der Waals surface area (Å²) in [5, 5.41) is 11.1. The predicted molar refractivity (Wildman–Crippen MR) is 142 cm³/mol. The van der Waals surface area contributed by atoms with Gasteiger partial charge >= 0.3 is 0 Å². The van der Waals surface area contributed by atoms with Crippen LogP contribution in [0.25, 0.3) is 0 Å². The Hall–Kier alpha value is -2.05. The molecule has 0 aliphatic heterocycles. The summed E-state index contributed by atoms with van der Waals surface area (Å²) in [6.45, 7) is 17.5. The second kappa shape index (κ2) is 11.6. The average molecular weight is 487 g/mol. The van der Waals surface area contributed by atoms with Crippen LogP contribution in [0.4, 0.5) is 0 Å². The van der Waals surface area contributed by atoms with Crippen LogP contribution in [-0.2, 0) is 26.8 Å². The maximum absolute atomic E-state index is 12.5. The van der Waals surface area contributed by atoms with E-state index in [0.717, 1.165) is 28.1 Å². The molecule has 1 unspecified atom stereocenters. The molecule has 0 saturated carbocycles. The van der Waals surface area contributed by atoms with Crippen molar-refractivity contribution in [3.8, 4) is 5.75 Å². The topological polar surface area (TPSA) is 62.7 Å². The fourth-order valence-corrected chi connectivity index (χ4v) is 4.60. The molecule has 0 fully saturated rings. The summed E-state index contributed by atoms with van der Waals surface area (Å²) in [7, 11) is 1.80. The van der Waals surface area contributed by atoms with Gasteiger partial charge in [0.05, 0.1) is 6.10 Å². The third-order valence-corrected chi connectivity index (χ3v) is 7.27. The number of rotatable bonds is 9. The molecule has 0 radical (unpaired) electrons. The zero-order valence-corrected chi connectivity index (χ0v) is 23.1. The highest BCUT2D eigenvalue weighted by atomic mass is 32.2. The molecule has 1 aromatic carbocycles. The van der Waals surface area contributed by atoms with E-state index < -0.39 is 0 Å². The lowest BCUT2D eigenvalue weighted by Gasteiger charge is -2.29. The molecule has 1 heterocycles. The van der Waals surface area contributed by atoms with Crippen molar-refractivity contribution >= 4 is 17.7 Å². The van der Waals surface area contributed by atoms with E-state index >= 15 is 0 Å². The Balaban J connectivity index is 1.99. The Morgan fingerprint density at radius 3 is 2.18 bits per heavy atom. The van der Waals surface area contributed by atoms with E-state index in [1.54, 1.807) is 29.9 Å². The van der Waals surface area contributed by atoms with E-state index in [-0.39, 0.29) is 34.7 Å². The van der Waals surface area contributed by atoms with Crippen LogP contribution in [0.2, 0.25) is 0 Å². The molecule has 2 rings (SSSR count). The summed E-state index contributed by atoms with van der Waals surface area (Å²) in [5.74, 6) is 0.357. The smallest absolute Gasteiger partial charge is 0.248 e. The molecule has 6 heteroatoms. The van der Waals surface area contributed by atoms with Crippen molar-refractivity contribution in [2.45, 2.75) is 88.9 Å². The number of phenolic OH excluding ortho intramolecular Hbond substituents is 1. The fourth-order valence-electron chi connectivity index (χ4n) is 3.53. The number of ether oxygens (including phenoxy) is 1. The average Bonchev–Trinajstić information content (AvgIpc) is 2.75. The van der Waals surface area contributed by atoms with E-state index in [2.05, 4.69) is 65.6 Å². The molecule has 0 spiro atoms. The highest BCUT2D eigenvalue weighted by Gasteiger charge is 2.27. The van der Waals surface area contributed by atoms with Crippen molar-refractivity contribution in [2.75, 3.05) is 20.2 Å². The summed E-state index contributed by atoms with van der Waals surface area (Å²) >= 11 is 1.72. The Morgan fingerprint density at radius 1 is 1.09 bits per heavy atom. The van der Waals surface area contributed by atoms with E-state index in [1.165, 1.54) is 0 Å². The van der Waals surface area contributed by atoms with Crippen LogP contribution in [0, 0.1) is 0 Å². The lowest BCUT2D eigenvalue weighted by Crippen LogP contribution is -2.34. The number of benzene rings is 1. The van der Waals surface area contributed by atoms with Gasteiger partial charge in [-0.15, -0.1) is 11.8 Å². The van der Waals surface area contributed by atoms with Gasteiger partial charge in [-0.05, 0) is 42.0 Å². The molecule has 2 aromatic rings. The van der Waals surface area contributed by atoms with E-state index in [4.69, 9.17) is 4.74 Å². The normalized spacial score (nSPS) is 14.0. The molecule has 188 valence electrons. The highest BCUT2D eigenvalue weighted by molar-refractivity contribution is 8.00. The van der Waals surface area contributed by atoms with E-state index in [9.17, 15) is 9.90 Å². The van der Waals surface area contributed by atoms with Crippen LogP contribution >= 0.6 is 11.8 Å². The van der Waals surface area contributed by atoms with Gasteiger partial charge in [0.2, 0.25) is 5.91 Å². The molecule has 1 amide bonds. The summed E-state index contributed by atoms with van der Waals surface area (Å²) < 4.78 is 5.95. The number of phenols is 1. The molecule has 5 nitrogen and oxygen atoms in total. The molecule has 0 aliphatic carbocycles. The van der Waals surface area contributed by atoms with Gasteiger partial charge in [-0.3, -0.25) is 9.78 Å². The largest absolute Gasteiger partial charge is 0.507 e. The quantitative estimate of drug-likeness (QED) is 0.443. The Labute approximate surface area is 210 Å². The van der Waals surface area contributed by atoms with Crippen molar-refractivity contribution < 1.29 is 14.6 Å². The summed E-state index contributed by atoms with van der Waals surface area (Å²) in [4.78, 5) is 19.7. The third-order valence-electron chi connectivity index (χ3n) is 6.01. The minimum Gasteiger partial charge on any atom is -0.507 e. The van der Waals surface area contributed by atoms with Gasteiger partial charge < -0.3 is 14.7 Å². The fraction of sp³-hybridized carbons (Fsp3) is 0.571. The minimum atomic E-state index is -0.168. The molecule has 1 aromatic heterocycles. The van der Waals surface area contributed by atoms with Crippen molar-refractivity contribution in [3.05, 3.63) is 53.3 Å². The number of hydrogen-bond donors (Lipinski definition) is 1. The van der Waals surface area contributed by atoms with Gasteiger partial charge in [0.1, 0.15) is 12.4 Å². The van der Waals surface area contributed by atoms with Crippen molar-refractivity contribution in [3.63, 3.8) is 0 Å². The predicted octanol–water partition coefficient (Wildman–Crippen LogP) is 5.97. The Bertz CT molecular complexity index is 913. The van der Waals surface area contributed by atoms with Crippen LogP contribution < -0.4 is 0 Å². The minimum absolute atomic E-state index is 0.0327. The number of carbonyl (C=O) groups excluding carboxylic acids is 1. The lowest BCUT2D eigenvalue weighted by molar-refractivity contribution is -0.136. The highest BCUT2D eigenvalue weighted by Crippen LogP contribution is 2.42. The first-order valence-electron chi connectivity index (χ1n) is 12.0. The van der Waals surface area contributed by atoms with Gasteiger partial charge in [-0.1, -0.05) is 54.5 Å². The third kappa shape index (κ3) is 8.02. The van der Waals surface area contributed by atoms with Gasteiger partial charge in [-0.2, -0.15) is 0 Å². The van der Waals surface area contributed by atoms with Crippen LogP contribution in [-0.4, -0.2) is 52.5 Å². The first-order chi connectivity index (χ1) is 15.7. The number of aromatic hydroxyl groups is 1. The standard InChI is InChI=1S/C28H42N2O3S/c1-19(33-18-25(31)30(9)15-13-21-12-10-11-14-29-21)20(2)34-22-16-23(27(3,4)5)26(32)24(17-22)28(6,7)8/h10-12,14,16-17,19-20,32H,13,15,18H2,1-9H3/t19-,20?/m1/s1. The van der Waals surface area contributed by atoms with Crippen molar-refractivity contribution in [1.82, 2.24) is 9.88 Å². The molecule has 0 bridgehead atoms. The van der Waals surface area contributed by atoms with Gasteiger partial charge in [0.25, 0.3) is 0 Å². The van der Waals surface area contributed by atoms with E-state index in [1.807, 2.05) is 25.1 Å². The number of amides is 1. The molecular weight excluding hydrogens is 444 g/mol. The van der Waals surface area contributed by atoms with E-state index in [0.29, 0.717) is 12.3 Å². The van der Waals surface area contributed by atoms with Gasteiger partial charge in [0.15, 0.2) is 0 Å². The summed E-state index contributed by atoms with van der Waals surface area (Å²) in [5.41, 5.74) is 2.54. The number of hydrogen-bond acceptors (Lipinski definition) is 5. The van der Waals surface area contributed by atoms with Crippen LogP contribution in [0.3, 0.4) is 0 Å². The molecule has 1 N–H and O–H groups in total. The van der Waals surface area contributed by atoms with Crippen LogP contribution in [0.1, 0.15) is 72.2 Å². The molecular formula is C28H42N2O3S. The van der Waals surface area contributed by atoms with Gasteiger partial charge in [0, 0.05) is 53.2 Å². The first-order valence-corrected chi connectivity index (χ1v) is 12.9. The number of nitrogens with zero attached hydrogens (tertiary/aromatic N) is 2. The summed E-state index contributed by atoms with van der Waals surface area (Å²) in [6, 6.07) is 10.00. The van der Waals surface area contributed by atoms with Crippen molar-refractivity contribution in [1.29, 1.82) is 0 Å². The number of carbonyl (C=O) groups is 1. The number of pyridine rings is 1. The number of aromatic nitrogens is 1. The molecule has 2 atom stereocenters. The molecule has 0 saturated heterocycles. The Morgan fingerprint density at radius 2 is 1.68 bits per heavy atom. The number of thioether (sulfide) groups is 1. The second-order valence-corrected chi connectivity index (χ2v) is 12.5. The van der Waals surface area contributed by atoms with Gasteiger partial charge in [-0.25, -0.2) is 0 Å². The van der Waals surface area contributed by atoms with Crippen molar-refractivity contribution in [2.24, 2.45) is 0 Å². The zero-order valence-electron chi connectivity index (χ0n) is 22.3. The SMILES string of the molecule is CC(Sc1cc(C(C)(C)C)c(O)c(C(C)(C)C)c1)[C@@H](C)OCC(=O)N(C)CCc1ccccn1. The molecule has 34 heavy (non-hydrogen) atoms. The maximum Gasteiger partial charge on any atom is 0.248 e. The van der Waals surface area contributed by atoms with Crippen LogP contribution in [0.15, 0.2) is 41.4 Å². The zero-order chi connectivity index (χ0) is 25.7. The monoisotopic (exact) mass is 486 g/mol. The summed E-state index contributed by atoms with van der Waals surface area (Å²) in [6.07, 6.45) is 2.38. The first kappa shape index (κ1) is 28.2. The maximum atomic E-state index is 12.5. The lowest BCUT2D eigenvalue weighted by atomic mass is 9.79. The second-order valence-electron chi connectivity index (χ2n) is 11.1. The van der Waals surface area contributed by atoms with Crippen LogP contribution in [0.5, 0.6) is 5.75 Å². The molecule has 0 aliphatic rings. The number of likely N-dealkylation sites (N-methyl/N-ethyl adjacent to an activating group) is 1.